The number of ether oxygens (including phenoxy) is 1. The molecule has 7 heteroatoms. The molecular formula is C7H8BN3O3. The monoisotopic (exact) mass is 193 g/mol. The molecule has 0 spiro atoms. The van der Waals surface area contributed by atoms with Gasteiger partial charge in [0.1, 0.15) is 0 Å². The van der Waals surface area contributed by atoms with Gasteiger partial charge in [-0.1, -0.05) is 0 Å². The summed E-state index contributed by atoms with van der Waals surface area (Å²) in [6.45, 7) is 0. The van der Waals surface area contributed by atoms with Crippen molar-refractivity contribution in [2.75, 3.05) is 7.11 Å². The van der Waals surface area contributed by atoms with Crippen LogP contribution in [0.3, 0.4) is 0 Å². The Labute approximate surface area is 79.9 Å². The van der Waals surface area contributed by atoms with Crippen LogP contribution in [0, 0.1) is 0 Å². The van der Waals surface area contributed by atoms with E-state index in [9.17, 15) is 0 Å². The third-order valence-electron chi connectivity index (χ3n) is 1.88. The summed E-state index contributed by atoms with van der Waals surface area (Å²) in [4.78, 5) is 0. The molecular weight excluding hydrogens is 185 g/mol. The van der Waals surface area contributed by atoms with E-state index in [0.717, 1.165) is 0 Å². The predicted molar refractivity (Wildman–Crippen MR) is 49.4 cm³/mol. The standard InChI is InChI=1S/C7H8BN3O3/c1-14-7-3-2-6-5(8(12)13)4-9-11(6)10-7/h2-4,12-13H,1H3. The second-order valence-corrected chi connectivity index (χ2v) is 2.72. The van der Waals surface area contributed by atoms with Gasteiger partial charge in [-0.05, 0) is 6.07 Å². The van der Waals surface area contributed by atoms with Crippen molar-refractivity contribution in [1.82, 2.24) is 14.8 Å². The fourth-order valence-electron chi connectivity index (χ4n) is 1.19. The van der Waals surface area contributed by atoms with E-state index in [4.69, 9.17) is 14.8 Å². The van der Waals surface area contributed by atoms with Crippen LogP contribution in [0.2, 0.25) is 0 Å². The number of rotatable bonds is 2. The van der Waals surface area contributed by atoms with Crippen LogP contribution in [-0.2, 0) is 0 Å². The van der Waals surface area contributed by atoms with Gasteiger partial charge in [-0.3, -0.25) is 0 Å². The Kier molecular flexibility index (Phi) is 2.10. The van der Waals surface area contributed by atoms with Gasteiger partial charge in [-0.2, -0.15) is 5.10 Å². The molecule has 0 saturated heterocycles. The maximum atomic E-state index is 8.98. The van der Waals surface area contributed by atoms with Gasteiger partial charge in [0.15, 0.2) is 0 Å². The van der Waals surface area contributed by atoms with Gasteiger partial charge in [-0.15, -0.1) is 9.73 Å². The molecule has 0 aliphatic heterocycles. The maximum absolute atomic E-state index is 8.98. The number of hydrogen-bond acceptors (Lipinski definition) is 5. The first kappa shape index (κ1) is 8.98. The Hall–Kier alpha value is -1.60. The Morgan fingerprint density at radius 1 is 1.43 bits per heavy atom. The number of nitrogens with zero attached hydrogens (tertiary/aromatic N) is 3. The molecule has 2 heterocycles. The predicted octanol–water partition coefficient (Wildman–Crippen LogP) is -1.58. The first-order chi connectivity index (χ1) is 6.72. The molecule has 2 rings (SSSR count). The summed E-state index contributed by atoms with van der Waals surface area (Å²) in [6.07, 6.45) is 1.35. The molecule has 14 heavy (non-hydrogen) atoms. The van der Waals surface area contributed by atoms with Crippen molar-refractivity contribution in [1.29, 1.82) is 0 Å². The highest BCUT2D eigenvalue weighted by Gasteiger charge is 2.17. The fourth-order valence-corrected chi connectivity index (χ4v) is 1.19. The van der Waals surface area contributed by atoms with E-state index in [0.29, 0.717) is 16.9 Å². The van der Waals surface area contributed by atoms with Crippen LogP contribution in [0.4, 0.5) is 0 Å². The third-order valence-corrected chi connectivity index (χ3v) is 1.88. The summed E-state index contributed by atoms with van der Waals surface area (Å²) >= 11 is 0. The normalized spacial score (nSPS) is 10.5. The largest absolute Gasteiger partial charge is 0.492 e. The van der Waals surface area contributed by atoms with Gasteiger partial charge in [0.2, 0.25) is 5.88 Å². The minimum absolute atomic E-state index is 0.320. The molecule has 6 nitrogen and oxygen atoms in total. The number of hydrogen-bond donors (Lipinski definition) is 2. The summed E-state index contributed by atoms with van der Waals surface area (Å²) in [7, 11) is -0.0397. The summed E-state index contributed by atoms with van der Waals surface area (Å²) in [5.74, 6) is 0.416. The second-order valence-electron chi connectivity index (χ2n) is 2.72. The fraction of sp³-hybridized carbons (Fsp3) is 0.143. The van der Waals surface area contributed by atoms with Crippen LogP contribution >= 0.6 is 0 Å². The van der Waals surface area contributed by atoms with Crippen LogP contribution in [-0.4, -0.2) is 39.1 Å². The highest BCUT2D eigenvalue weighted by molar-refractivity contribution is 6.61. The van der Waals surface area contributed by atoms with Gasteiger partial charge in [0.25, 0.3) is 0 Å². The highest BCUT2D eigenvalue weighted by atomic mass is 16.5. The number of methoxy groups -OCH3 is 1. The van der Waals surface area contributed by atoms with E-state index in [1.54, 1.807) is 12.1 Å². The molecule has 0 fully saturated rings. The van der Waals surface area contributed by atoms with Crippen molar-refractivity contribution >= 4 is 18.1 Å². The van der Waals surface area contributed by atoms with Crippen LogP contribution in [0.25, 0.3) is 5.52 Å². The van der Waals surface area contributed by atoms with Crippen molar-refractivity contribution in [3.63, 3.8) is 0 Å². The zero-order chi connectivity index (χ0) is 10.1. The quantitative estimate of drug-likeness (QED) is 0.562. The number of aromatic nitrogens is 3. The maximum Gasteiger partial charge on any atom is 0.492 e. The Morgan fingerprint density at radius 3 is 2.86 bits per heavy atom. The SMILES string of the molecule is COc1ccc2c(B(O)O)cnn2n1. The lowest BCUT2D eigenvalue weighted by Gasteiger charge is -1.99. The van der Waals surface area contributed by atoms with E-state index >= 15 is 0 Å². The zero-order valence-corrected chi connectivity index (χ0v) is 7.45. The molecule has 0 aliphatic rings. The molecule has 2 aromatic heterocycles. The van der Waals surface area contributed by atoms with Crippen molar-refractivity contribution in [2.24, 2.45) is 0 Å². The van der Waals surface area contributed by atoms with Gasteiger partial charge < -0.3 is 14.8 Å². The average Bonchev–Trinajstić information content (AvgIpc) is 2.59. The molecule has 2 N–H and O–H groups in total. The summed E-state index contributed by atoms with van der Waals surface area (Å²) < 4.78 is 6.18. The van der Waals surface area contributed by atoms with Crippen molar-refractivity contribution in [2.45, 2.75) is 0 Å². The minimum atomic E-state index is -1.54. The molecule has 0 saturated carbocycles. The smallest absolute Gasteiger partial charge is 0.480 e. The Bertz CT molecular complexity index is 456. The lowest BCUT2D eigenvalue weighted by Crippen LogP contribution is -2.29. The van der Waals surface area contributed by atoms with E-state index in [2.05, 4.69) is 10.2 Å². The van der Waals surface area contributed by atoms with Crippen LogP contribution in [0.1, 0.15) is 0 Å². The molecule has 0 amide bonds. The summed E-state index contributed by atoms with van der Waals surface area (Å²) in [5, 5.41) is 25.8. The lowest BCUT2D eigenvalue weighted by atomic mass is 9.81. The molecule has 0 aliphatic carbocycles. The topological polar surface area (TPSA) is 79.9 Å². The van der Waals surface area contributed by atoms with Gasteiger partial charge in [0, 0.05) is 11.5 Å². The zero-order valence-electron chi connectivity index (χ0n) is 7.45. The summed E-state index contributed by atoms with van der Waals surface area (Å²) in [6, 6.07) is 3.29. The van der Waals surface area contributed by atoms with Crippen molar-refractivity contribution < 1.29 is 14.8 Å². The second kappa shape index (κ2) is 3.28. The Morgan fingerprint density at radius 2 is 2.21 bits per heavy atom. The summed E-state index contributed by atoms with van der Waals surface area (Å²) in [5.41, 5.74) is 0.862. The van der Waals surface area contributed by atoms with Crippen LogP contribution in [0.15, 0.2) is 18.3 Å². The first-order valence-corrected chi connectivity index (χ1v) is 3.97. The van der Waals surface area contributed by atoms with E-state index in [1.807, 2.05) is 0 Å². The molecule has 0 atom stereocenters. The van der Waals surface area contributed by atoms with Crippen molar-refractivity contribution in [3.05, 3.63) is 18.3 Å². The van der Waals surface area contributed by atoms with E-state index in [-0.39, 0.29) is 0 Å². The molecule has 0 bridgehead atoms. The van der Waals surface area contributed by atoms with Crippen LogP contribution < -0.4 is 10.2 Å². The van der Waals surface area contributed by atoms with Gasteiger partial charge in [-0.25, -0.2) is 0 Å². The van der Waals surface area contributed by atoms with Crippen LogP contribution in [0.5, 0.6) is 5.88 Å². The highest BCUT2D eigenvalue weighted by Crippen LogP contribution is 2.06. The lowest BCUT2D eigenvalue weighted by molar-refractivity contribution is 0.387. The minimum Gasteiger partial charge on any atom is -0.480 e. The molecule has 0 aromatic carbocycles. The molecule has 0 unspecified atom stereocenters. The average molecular weight is 193 g/mol. The molecule has 0 radical (unpaired) electrons. The Balaban J connectivity index is 2.59. The molecule has 72 valence electrons. The van der Waals surface area contributed by atoms with E-state index < -0.39 is 7.12 Å². The number of fused-ring (bicyclic) bond motifs is 1. The first-order valence-electron chi connectivity index (χ1n) is 3.97. The van der Waals surface area contributed by atoms with E-state index in [1.165, 1.54) is 17.9 Å². The van der Waals surface area contributed by atoms with Gasteiger partial charge in [0.05, 0.1) is 18.8 Å². The molecule has 2 aromatic rings. The third kappa shape index (κ3) is 1.32. The van der Waals surface area contributed by atoms with Gasteiger partial charge >= 0.3 is 7.12 Å². The van der Waals surface area contributed by atoms with Crippen molar-refractivity contribution in [3.8, 4) is 5.88 Å².